The number of fused-ring (bicyclic) bond motifs is 1. The number of aryl methyl sites for hydroxylation is 3. The summed E-state index contributed by atoms with van der Waals surface area (Å²) in [5, 5.41) is 0. The van der Waals surface area contributed by atoms with Crippen LogP contribution in [0.15, 0.2) is 46.9 Å². The van der Waals surface area contributed by atoms with Gasteiger partial charge in [-0.15, -0.1) is 0 Å². The molecule has 2 bridgehead atoms. The second-order valence-corrected chi connectivity index (χ2v) is 8.80. The van der Waals surface area contributed by atoms with Gasteiger partial charge in [0.1, 0.15) is 17.1 Å². The number of carbonyl (C=O) groups excluding carboxylic acids is 2. The maximum atomic E-state index is 13.5. The summed E-state index contributed by atoms with van der Waals surface area (Å²) in [5.41, 5.74) is 2.46. The van der Waals surface area contributed by atoms with Crippen molar-refractivity contribution in [3.05, 3.63) is 65.1 Å². The fourth-order valence-corrected chi connectivity index (χ4v) is 5.03. The van der Waals surface area contributed by atoms with E-state index in [0.29, 0.717) is 13.1 Å². The first-order chi connectivity index (χ1) is 14.3. The summed E-state index contributed by atoms with van der Waals surface area (Å²) in [6, 6.07) is 9.78. The van der Waals surface area contributed by atoms with Gasteiger partial charge in [0.25, 0.3) is 0 Å². The Morgan fingerprint density at radius 2 is 2.00 bits per heavy atom. The molecule has 1 aromatic carbocycles. The molecule has 4 atom stereocenters. The number of rotatable bonds is 4. The molecule has 3 aliphatic rings. The smallest absolute Gasteiger partial charge is 0.234 e. The van der Waals surface area contributed by atoms with Crippen LogP contribution in [0.3, 0.4) is 0 Å². The van der Waals surface area contributed by atoms with Crippen molar-refractivity contribution in [1.82, 2.24) is 4.90 Å². The molecule has 2 saturated heterocycles. The molecule has 30 heavy (non-hydrogen) atoms. The molecule has 156 valence electrons. The lowest BCUT2D eigenvalue weighted by Gasteiger charge is -2.27. The Kier molecular flexibility index (Phi) is 4.19. The van der Waals surface area contributed by atoms with E-state index in [1.54, 1.807) is 16.8 Å². The number of nitrogens with zero attached hydrogens (tertiary/aromatic N) is 2. The number of carbonyl (C=O) groups is 2. The van der Waals surface area contributed by atoms with Crippen LogP contribution in [-0.4, -0.2) is 42.0 Å². The lowest BCUT2D eigenvalue weighted by molar-refractivity contribution is -0.139. The third kappa shape index (κ3) is 2.74. The summed E-state index contributed by atoms with van der Waals surface area (Å²) in [7, 11) is 1.75. The predicted molar refractivity (Wildman–Crippen MR) is 112 cm³/mol. The molecule has 3 aliphatic heterocycles. The number of anilines is 1. The van der Waals surface area contributed by atoms with E-state index in [9.17, 15) is 9.59 Å². The van der Waals surface area contributed by atoms with Crippen LogP contribution < -0.4 is 4.90 Å². The van der Waals surface area contributed by atoms with Gasteiger partial charge in [0, 0.05) is 12.7 Å². The summed E-state index contributed by atoms with van der Waals surface area (Å²) >= 11 is 0. The van der Waals surface area contributed by atoms with Gasteiger partial charge in [-0.25, -0.2) is 0 Å². The quantitative estimate of drug-likeness (QED) is 0.732. The Bertz CT molecular complexity index is 1070. The Labute approximate surface area is 176 Å². The summed E-state index contributed by atoms with van der Waals surface area (Å²) in [4.78, 5) is 30.3. The van der Waals surface area contributed by atoms with Crippen LogP contribution in [0.4, 0.5) is 5.69 Å². The molecule has 6 nitrogen and oxygen atoms in total. The summed E-state index contributed by atoms with van der Waals surface area (Å²) < 4.78 is 11.9. The van der Waals surface area contributed by atoms with Crippen molar-refractivity contribution >= 4 is 17.5 Å². The average molecular weight is 406 g/mol. The molecule has 4 heterocycles. The van der Waals surface area contributed by atoms with Gasteiger partial charge in [0.05, 0.1) is 31.0 Å². The molecule has 0 saturated carbocycles. The highest BCUT2D eigenvalue weighted by Gasteiger charge is 2.67. The van der Waals surface area contributed by atoms with E-state index >= 15 is 0 Å². The van der Waals surface area contributed by atoms with Gasteiger partial charge in [0.15, 0.2) is 0 Å². The monoisotopic (exact) mass is 406 g/mol. The lowest BCUT2D eigenvalue weighted by atomic mass is 9.76. The van der Waals surface area contributed by atoms with E-state index in [0.717, 1.165) is 22.8 Å². The van der Waals surface area contributed by atoms with Gasteiger partial charge in [-0.1, -0.05) is 18.2 Å². The van der Waals surface area contributed by atoms with Crippen LogP contribution in [0.25, 0.3) is 0 Å². The van der Waals surface area contributed by atoms with Crippen molar-refractivity contribution in [3.8, 4) is 0 Å². The molecule has 2 amide bonds. The summed E-state index contributed by atoms with van der Waals surface area (Å²) in [6.07, 6.45) is 3.58. The highest BCUT2D eigenvalue weighted by atomic mass is 16.5. The van der Waals surface area contributed by atoms with Crippen molar-refractivity contribution in [2.75, 3.05) is 18.5 Å². The van der Waals surface area contributed by atoms with Gasteiger partial charge < -0.3 is 19.0 Å². The molecule has 2 unspecified atom stereocenters. The molecule has 0 N–H and O–H groups in total. The minimum Gasteiger partial charge on any atom is -0.464 e. The Morgan fingerprint density at radius 3 is 2.70 bits per heavy atom. The third-order valence-electron chi connectivity index (χ3n) is 6.75. The van der Waals surface area contributed by atoms with Crippen LogP contribution in [0.5, 0.6) is 0 Å². The number of hydrogen-bond acceptors (Lipinski definition) is 4. The minimum absolute atomic E-state index is 0.0364. The standard InChI is InChI=1S/C24H26N2O4/c1-14-5-7-17(11-15(14)2)26-13-24-10-9-19(30-24)20(21(24)23(26)28)22(27)25(4)12-18-8-6-16(3)29-18/h5-11,19-21H,12-13H2,1-4H3/t19-,20?,21?,24-/m1/s1. The largest absolute Gasteiger partial charge is 0.464 e. The molecule has 1 aromatic heterocycles. The van der Waals surface area contributed by atoms with Crippen molar-refractivity contribution in [2.24, 2.45) is 11.8 Å². The maximum absolute atomic E-state index is 13.5. The van der Waals surface area contributed by atoms with E-state index in [1.807, 2.05) is 56.3 Å². The van der Waals surface area contributed by atoms with Gasteiger partial charge in [-0.3, -0.25) is 9.59 Å². The molecule has 0 radical (unpaired) electrons. The van der Waals surface area contributed by atoms with Crippen molar-refractivity contribution in [2.45, 2.75) is 39.0 Å². The topological polar surface area (TPSA) is 63.0 Å². The fraction of sp³-hybridized carbons (Fsp3) is 0.417. The molecular formula is C24H26N2O4. The fourth-order valence-electron chi connectivity index (χ4n) is 5.03. The van der Waals surface area contributed by atoms with Gasteiger partial charge in [-0.05, 0) is 56.2 Å². The summed E-state index contributed by atoms with van der Waals surface area (Å²) in [5.74, 6) is 0.409. The maximum Gasteiger partial charge on any atom is 0.234 e. The zero-order chi connectivity index (χ0) is 21.2. The first kappa shape index (κ1) is 19.1. The van der Waals surface area contributed by atoms with E-state index < -0.39 is 17.4 Å². The number of ether oxygens (including phenoxy) is 1. The second kappa shape index (κ2) is 6.57. The van der Waals surface area contributed by atoms with Crippen LogP contribution in [-0.2, 0) is 20.9 Å². The molecule has 0 aliphatic carbocycles. The van der Waals surface area contributed by atoms with Gasteiger partial charge >= 0.3 is 0 Å². The molecular weight excluding hydrogens is 380 g/mol. The van der Waals surface area contributed by atoms with Gasteiger partial charge in [0.2, 0.25) is 11.8 Å². The Morgan fingerprint density at radius 1 is 1.20 bits per heavy atom. The molecule has 1 spiro atoms. The minimum atomic E-state index is -0.719. The summed E-state index contributed by atoms with van der Waals surface area (Å²) in [6.45, 7) is 6.78. The molecule has 5 rings (SSSR count). The van der Waals surface area contributed by atoms with Crippen LogP contribution in [0.1, 0.15) is 22.6 Å². The third-order valence-corrected chi connectivity index (χ3v) is 6.75. The Hall–Kier alpha value is -2.86. The highest BCUT2D eigenvalue weighted by Crippen LogP contribution is 2.53. The van der Waals surface area contributed by atoms with Crippen LogP contribution in [0.2, 0.25) is 0 Å². The zero-order valence-electron chi connectivity index (χ0n) is 17.7. The zero-order valence-corrected chi connectivity index (χ0v) is 17.7. The van der Waals surface area contributed by atoms with E-state index in [1.165, 1.54) is 5.56 Å². The Balaban J connectivity index is 1.42. The molecule has 2 fully saturated rings. The normalized spacial score (nSPS) is 29.0. The number of hydrogen-bond donors (Lipinski definition) is 0. The van der Waals surface area contributed by atoms with Crippen molar-refractivity contribution < 1.29 is 18.7 Å². The second-order valence-electron chi connectivity index (χ2n) is 8.80. The number of furan rings is 1. The van der Waals surface area contributed by atoms with Crippen molar-refractivity contribution in [3.63, 3.8) is 0 Å². The first-order valence-electron chi connectivity index (χ1n) is 10.4. The van der Waals surface area contributed by atoms with E-state index in [-0.39, 0.29) is 17.9 Å². The number of benzene rings is 1. The number of amides is 2. The van der Waals surface area contributed by atoms with Crippen LogP contribution >= 0.6 is 0 Å². The van der Waals surface area contributed by atoms with Gasteiger partial charge in [-0.2, -0.15) is 0 Å². The van der Waals surface area contributed by atoms with E-state index in [2.05, 4.69) is 6.92 Å². The predicted octanol–water partition coefficient (Wildman–Crippen LogP) is 3.15. The molecule has 2 aromatic rings. The average Bonchev–Trinajstić information content (AvgIpc) is 3.45. The van der Waals surface area contributed by atoms with Crippen LogP contribution in [0, 0.1) is 32.6 Å². The molecule has 6 heteroatoms. The lowest BCUT2D eigenvalue weighted by Crippen LogP contribution is -2.44. The first-order valence-corrected chi connectivity index (χ1v) is 10.4. The highest BCUT2D eigenvalue weighted by molar-refractivity contribution is 6.03. The van der Waals surface area contributed by atoms with Crippen molar-refractivity contribution in [1.29, 1.82) is 0 Å². The SMILES string of the molecule is Cc1ccc(CN(C)C(=O)C2C3C(=O)N(c4ccc(C)c(C)c4)C[C@]34C=C[C@H]2O4)o1. The van der Waals surface area contributed by atoms with E-state index in [4.69, 9.17) is 9.15 Å².